The second kappa shape index (κ2) is 15.3. The number of rotatable bonds is 14. The van der Waals surface area contributed by atoms with Crippen LogP contribution in [0.2, 0.25) is 0 Å². The summed E-state index contributed by atoms with van der Waals surface area (Å²) in [5.74, 6) is -0.945. The van der Waals surface area contributed by atoms with Gasteiger partial charge in [-0.15, -0.1) is 0 Å². The first kappa shape index (κ1) is 36.4. The van der Waals surface area contributed by atoms with Gasteiger partial charge in [-0.2, -0.15) is 0 Å². The molecule has 49 heavy (non-hydrogen) atoms. The number of carbonyl (C=O) groups is 1. The van der Waals surface area contributed by atoms with Gasteiger partial charge in [0.25, 0.3) is 0 Å². The van der Waals surface area contributed by atoms with Crippen LogP contribution in [0.4, 0.5) is 0 Å². The number of sulfone groups is 2. The number of piperidine rings is 1. The summed E-state index contributed by atoms with van der Waals surface area (Å²) in [6.07, 6.45) is 5.14. The fourth-order valence-electron chi connectivity index (χ4n) is 6.24. The molecular formula is C38H45NO8S2. The molecule has 0 radical (unpaired) electrons. The van der Waals surface area contributed by atoms with E-state index in [1.165, 1.54) is 61.7 Å². The molecule has 262 valence electrons. The van der Waals surface area contributed by atoms with Crippen LogP contribution in [-0.4, -0.2) is 75.0 Å². The van der Waals surface area contributed by atoms with E-state index in [0.717, 1.165) is 19.6 Å². The molecule has 1 heterocycles. The van der Waals surface area contributed by atoms with Crippen molar-refractivity contribution in [1.82, 2.24) is 4.90 Å². The number of likely N-dealkylation sites (tertiary alicyclic amines) is 1. The topological polar surface area (TPSA) is 138 Å². The largest absolute Gasteiger partial charge is 0.507 e. The number of ether oxygens (including phenoxy) is 1. The Bertz CT molecular complexity index is 2030. The normalized spacial score (nSPS) is 14.9. The van der Waals surface area contributed by atoms with E-state index >= 15 is 0 Å². The molecule has 4 aromatic carbocycles. The number of para-hydroxylation sites is 1. The lowest BCUT2D eigenvalue weighted by molar-refractivity contribution is 0.104. The molecule has 5 rings (SSSR count). The minimum atomic E-state index is -3.94. The Labute approximate surface area is 289 Å². The van der Waals surface area contributed by atoms with Crippen molar-refractivity contribution in [2.45, 2.75) is 74.3 Å². The van der Waals surface area contributed by atoms with Crippen molar-refractivity contribution in [2.24, 2.45) is 0 Å². The Kier molecular flexibility index (Phi) is 11.4. The number of phenols is 2. The van der Waals surface area contributed by atoms with Gasteiger partial charge in [0.1, 0.15) is 28.8 Å². The molecule has 2 N–H and O–H groups in total. The van der Waals surface area contributed by atoms with Gasteiger partial charge in [-0.25, -0.2) is 16.8 Å². The van der Waals surface area contributed by atoms with Crippen molar-refractivity contribution >= 4 is 36.2 Å². The highest BCUT2D eigenvalue weighted by atomic mass is 32.2. The first-order chi connectivity index (χ1) is 23.4. The molecule has 11 heteroatoms. The number of aromatic hydroxyl groups is 2. The van der Waals surface area contributed by atoms with E-state index in [2.05, 4.69) is 4.90 Å². The maximum Gasteiger partial charge on any atom is 0.194 e. The van der Waals surface area contributed by atoms with E-state index in [9.17, 15) is 31.8 Å². The number of benzene rings is 4. The molecule has 1 aliphatic heterocycles. The molecule has 9 nitrogen and oxygen atoms in total. The quantitative estimate of drug-likeness (QED) is 0.131. The van der Waals surface area contributed by atoms with Gasteiger partial charge in [0, 0.05) is 28.8 Å². The molecule has 1 atom stereocenters. The number of hydrogen-bond donors (Lipinski definition) is 2. The van der Waals surface area contributed by atoms with E-state index in [0.29, 0.717) is 42.4 Å². The van der Waals surface area contributed by atoms with Gasteiger partial charge in [-0.3, -0.25) is 9.69 Å². The Hall–Kier alpha value is -3.93. The van der Waals surface area contributed by atoms with E-state index in [1.54, 1.807) is 38.1 Å². The average molecular weight is 708 g/mol. The van der Waals surface area contributed by atoms with Crippen molar-refractivity contribution < 1.29 is 36.6 Å². The lowest BCUT2D eigenvalue weighted by Crippen LogP contribution is -2.33. The smallest absolute Gasteiger partial charge is 0.194 e. The minimum Gasteiger partial charge on any atom is -0.507 e. The molecule has 1 saturated heterocycles. The van der Waals surface area contributed by atoms with E-state index < -0.39 is 42.2 Å². The predicted molar refractivity (Wildman–Crippen MR) is 192 cm³/mol. The third-order valence-corrected chi connectivity index (χ3v) is 13.5. The third kappa shape index (κ3) is 7.79. The molecule has 0 amide bonds. The zero-order chi connectivity index (χ0) is 35.3. The molecular weight excluding hydrogens is 663 g/mol. The molecule has 4 aromatic rings. The van der Waals surface area contributed by atoms with Crippen LogP contribution in [0, 0.1) is 0 Å². The van der Waals surface area contributed by atoms with Crippen molar-refractivity contribution in [3.8, 4) is 28.4 Å². The Morgan fingerprint density at radius 2 is 1.63 bits per heavy atom. The average Bonchev–Trinajstić information content (AvgIpc) is 3.10. The van der Waals surface area contributed by atoms with Gasteiger partial charge in [0.15, 0.2) is 25.5 Å². The zero-order valence-corrected chi connectivity index (χ0v) is 29.9. The lowest BCUT2D eigenvalue weighted by Gasteiger charge is -2.26. The first-order valence-corrected chi connectivity index (χ1v) is 20.2. The summed E-state index contributed by atoms with van der Waals surface area (Å²) in [5.41, 5.74) is 0.169. The summed E-state index contributed by atoms with van der Waals surface area (Å²) in [6.45, 7) is 8.63. The summed E-state index contributed by atoms with van der Waals surface area (Å²) in [5, 5.41) is 22.8. The van der Waals surface area contributed by atoms with Gasteiger partial charge in [0.2, 0.25) is 0 Å². The zero-order valence-electron chi connectivity index (χ0n) is 28.3. The van der Waals surface area contributed by atoms with Crippen molar-refractivity contribution in [3.05, 3.63) is 77.9 Å². The maximum atomic E-state index is 14.4. The summed E-state index contributed by atoms with van der Waals surface area (Å²) >= 11 is 0. The number of hydrogen-bond acceptors (Lipinski definition) is 9. The van der Waals surface area contributed by atoms with E-state index in [4.69, 9.17) is 4.74 Å². The van der Waals surface area contributed by atoms with Crippen LogP contribution in [-0.2, 0) is 19.7 Å². The van der Waals surface area contributed by atoms with Crippen LogP contribution in [0.15, 0.2) is 76.5 Å². The van der Waals surface area contributed by atoms with Gasteiger partial charge < -0.3 is 14.9 Å². The maximum absolute atomic E-state index is 14.4. The van der Waals surface area contributed by atoms with Gasteiger partial charge in [-0.1, -0.05) is 44.9 Å². The molecule has 1 unspecified atom stereocenters. The molecule has 1 fully saturated rings. The van der Waals surface area contributed by atoms with Crippen LogP contribution in [0.5, 0.6) is 17.2 Å². The Morgan fingerprint density at radius 1 is 0.918 bits per heavy atom. The highest BCUT2D eigenvalue weighted by Gasteiger charge is 2.30. The molecule has 0 spiro atoms. The fraction of sp³-hybridized carbons (Fsp3) is 0.395. The molecule has 1 aliphatic rings. The van der Waals surface area contributed by atoms with Crippen LogP contribution in [0.3, 0.4) is 0 Å². The standard InChI is InChI=1S/C38H45NO8S2/c1-4-6-23-48(43,44)30-17-18-31-28(24-30)25-33(40)35(32-11-10-12-34(38(32)42)49(45,46)26(3)5-2)36(31)37(41)27-13-15-29(16-14-27)47-22-21-39-19-8-7-9-20-39/h10-18,24-26,40,42H,4-9,19-23H2,1-3H3. The highest BCUT2D eigenvalue weighted by molar-refractivity contribution is 7.92. The van der Waals surface area contributed by atoms with Gasteiger partial charge >= 0.3 is 0 Å². The number of fused-ring (bicyclic) bond motifs is 1. The van der Waals surface area contributed by atoms with E-state index in [1.807, 2.05) is 6.92 Å². The Balaban J connectivity index is 1.61. The van der Waals surface area contributed by atoms with Gasteiger partial charge in [0.05, 0.1) is 15.9 Å². The predicted octanol–water partition coefficient (Wildman–Crippen LogP) is 7.16. The van der Waals surface area contributed by atoms with Gasteiger partial charge in [-0.05, 0) is 105 Å². The Morgan fingerprint density at radius 3 is 2.31 bits per heavy atom. The van der Waals surface area contributed by atoms with Crippen LogP contribution >= 0.6 is 0 Å². The van der Waals surface area contributed by atoms with Crippen LogP contribution in [0.25, 0.3) is 21.9 Å². The molecule has 0 aromatic heterocycles. The summed E-state index contributed by atoms with van der Waals surface area (Å²) < 4.78 is 58.8. The van der Waals surface area contributed by atoms with Crippen molar-refractivity contribution in [2.75, 3.05) is 32.0 Å². The number of unbranched alkanes of at least 4 members (excludes halogenated alkanes) is 1. The molecule has 0 aliphatic carbocycles. The molecule has 0 saturated carbocycles. The summed E-state index contributed by atoms with van der Waals surface area (Å²) in [6, 6.07) is 16.6. The second-order valence-electron chi connectivity index (χ2n) is 12.7. The number of nitrogens with zero attached hydrogens (tertiary/aromatic N) is 1. The summed E-state index contributed by atoms with van der Waals surface area (Å²) in [7, 11) is -7.56. The number of ketones is 1. The fourth-order valence-corrected chi connectivity index (χ4v) is 9.24. The second-order valence-corrected chi connectivity index (χ2v) is 17.2. The number of carbonyl (C=O) groups excluding carboxylic acids is 1. The monoisotopic (exact) mass is 707 g/mol. The third-order valence-electron chi connectivity index (χ3n) is 9.36. The highest BCUT2D eigenvalue weighted by Crippen LogP contribution is 2.45. The first-order valence-electron chi connectivity index (χ1n) is 17.0. The minimum absolute atomic E-state index is 0.000314. The number of phenolic OH excluding ortho intramolecular Hbond substituents is 2. The van der Waals surface area contributed by atoms with Crippen LogP contribution in [0.1, 0.15) is 75.2 Å². The van der Waals surface area contributed by atoms with Crippen molar-refractivity contribution in [1.29, 1.82) is 0 Å². The van der Waals surface area contributed by atoms with E-state index in [-0.39, 0.29) is 37.8 Å². The lowest BCUT2D eigenvalue weighted by atomic mass is 9.88. The molecule has 0 bridgehead atoms. The van der Waals surface area contributed by atoms with Crippen LogP contribution < -0.4 is 4.74 Å². The van der Waals surface area contributed by atoms with Crippen molar-refractivity contribution in [3.63, 3.8) is 0 Å². The SMILES string of the molecule is CCCCS(=O)(=O)c1ccc2c(C(=O)c3ccc(OCCN4CCCCC4)cc3)c(-c3cccc(S(=O)(=O)C(C)CC)c3O)c(O)cc2c1. The summed E-state index contributed by atoms with van der Waals surface area (Å²) in [4.78, 5) is 16.6.